The molecule has 2 heterocycles. The van der Waals surface area contributed by atoms with Crippen molar-refractivity contribution in [1.29, 1.82) is 0 Å². The third-order valence-electron chi connectivity index (χ3n) is 1.88. The molecule has 0 aromatic carbocycles. The summed E-state index contributed by atoms with van der Waals surface area (Å²) in [5.41, 5.74) is 0. The zero-order valence-corrected chi connectivity index (χ0v) is 11.2. The monoisotopic (exact) mass is 287 g/mol. The Hall–Kier alpha value is -0.720. The van der Waals surface area contributed by atoms with Crippen LogP contribution in [0, 0.1) is 0 Å². The largest absolute Gasteiger partial charge is 0.310 e. The molecule has 0 aliphatic carbocycles. The highest BCUT2D eigenvalue weighted by atomic mass is 35.5. The fourth-order valence-corrected chi connectivity index (χ4v) is 3.08. The summed E-state index contributed by atoms with van der Waals surface area (Å²) in [5, 5.41) is 3.25. The summed E-state index contributed by atoms with van der Waals surface area (Å²) in [6.45, 7) is 0.855. The second kappa shape index (κ2) is 6.28. The summed E-state index contributed by atoms with van der Waals surface area (Å²) < 4.78 is 0.990. The quantitative estimate of drug-likeness (QED) is 0.928. The molecule has 1 aliphatic rings. The van der Waals surface area contributed by atoms with Crippen LogP contribution < -0.4 is 5.32 Å². The third kappa shape index (κ3) is 4.22. The zero-order valence-electron chi connectivity index (χ0n) is 8.85. The van der Waals surface area contributed by atoms with E-state index >= 15 is 0 Å². The number of aliphatic imine (C=N–C) groups is 1. The standard InChI is InChI=1S/C10H10ClN3OS2/c11-7-1-2-8(13-5-7)14-9(15)6-17-10-12-3-4-16-10/h1-2,5H,3-4,6H2,(H,13,14,15). The lowest BCUT2D eigenvalue weighted by molar-refractivity contribution is -0.113. The van der Waals surface area contributed by atoms with E-state index in [-0.39, 0.29) is 5.91 Å². The first-order valence-electron chi connectivity index (χ1n) is 4.95. The van der Waals surface area contributed by atoms with Crippen LogP contribution in [0.1, 0.15) is 0 Å². The summed E-state index contributed by atoms with van der Waals surface area (Å²) in [6, 6.07) is 3.36. The van der Waals surface area contributed by atoms with Crippen molar-refractivity contribution < 1.29 is 4.79 Å². The molecule has 0 saturated heterocycles. The number of amides is 1. The number of pyridine rings is 1. The Kier molecular flexibility index (Phi) is 4.70. The van der Waals surface area contributed by atoms with Crippen molar-refractivity contribution in [1.82, 2.24) is 4.98 Å². The molecule has 1 amide bonds. The molecule has 2 rings (SSSR count). The first kappa shape index (κ1) is 12.7. The van der Waals surface area contributed by atoms with Crippen LogP contribution in [0.25, 0.3) is 0 Å². The van der Waals surface area contributed by atoms with Crippen LogP contribution in [0.4, 0.5) is 5.82 Å². The lowest BCUT2D eigenvalue weighted by atomic mass is 10.4. The molecule has 1 N–H and O–H groups in total. The molecule has 0 fully saturated rings. The van der Waals surface area contributed by atoms with Crippen molar-refractivity contribution in [2.24, 2.45) is 4.99 Å². The van der Waals surface area contributed by atoms with Crippen LogP contribution in [0.5, 0.6) is 0 Å². The van der Waals surface area contributed by atoms with Gasteiger partial charge in [-0.3, -0.25) is 9.79 Å². The van der Waals surface area contributed by atoms with Gasteiger partial charge >= 0.3 is 0 Å². The van der Waals surface area contributed by atoms with Crippen LogP contribution in [0.2, 0.25) is 5.02 Å². The summed E-state index contributed by atoms with van der Waals surface area (Å²) in [6.07, 6.45) is 1.50. The number of thioether (sulfide) groups is 2. The van der Waals surface area contributed by atoms with Gasteiger partial charge in [-0.2, -0.15) is 0 Å². The number of nitrogens with zero attached hydrogens (tertiary/aromatic N) is 2. The van der Waals surface area contributed by atoms with Crippen LogP contribution >= 0.6 is 35.1 Å². The van der Waals surface area contributed by atoms with E-state index in [1.807, 2.05) is 0 Å². The van der Waals surface area contributed by atoms with Crippen molar-refractivity contribution >= 4 is 51.2 Å². The van der Waals surface area contributed by atoms with Gasteiger partial charge in [0.1, 0.15) is 10.2 Å². The fourth-order valence-electron chi connectivity index (χ4n) is 1.16. The number of hydrogen-bond donors (Lipinski definition) is 1. The SMILES string of the molecule is O=C(CSC1=NCCS1)Nc1ccc(Cl)cn1. The Bertz CT molecular complexity index is 436. The molecule has 0 radical (unpaired) electrons. The molecule has 0 spiro atoms. The molecule has 17 heavy (non-hydrogen) atoms. The van der Waals surface area contributed by atoms with Gasteiger partial charge in [-0.05, 0) is 12.1 Å². The first-order valence-corrected chi connectivity index (χ1v) is 7.30. The minimum Gasteiger partial charge on any atom is -0.310 e. The smallest absolute Gasteiger partial charge is 0.235 e. The summed E-state index contributed by atoms with van der Waals surface area (Å²) in [4.78, 5) is 19.8. The number of anilines is 1. The van der Waals surface area contributed by atoms with Crippen LogP contribution in [-0.4, -0.2) is 33.3 Å². The minimum absolute atomic E-state index is 0.0833. The van der Waals surface area contributed by atoms with E-state index in [9.17, 15) is 4.79 Å². The van der Waals surface area contributed by atoms with Crippen LogP contribution in [0.15, 0.2) is 23.3 Å². The van der Waals surface area contributed by atoms with Gasteiger partial charge in [0.25, 0.3) is 0 Å². The molecule has 0 saturated carbocycles. The van der Waals surface area contributed by atoms with E-state index in [4.69, 9.17) is 11.6 Å². The molecule has 90 valence electrons. The van der Waals surface area contributed by atoms with Gasteiger partial charge in [-0.1, -0.05) is 35.1 Å². The van der Waals surface area contributed by atoms with E-state index in [1.165, 1.54) is 18.0 Å². The Morgan fingerprint density at radius 3 is 3.12 bits per heavy atom. The Balaban J connectivity index is 1.78. The van der Waals surface area contributed by atoms with Crippen molar-refractivity contribution in [2.75, 3.05) is 23.4 Å². The minimum atomic E-state index is -0.0833. The van der Waals surface area contributed by atoms with Gasteiger partial charge in [0, 0.05) is 11.9 Å². The first-order chi connectivity index (χ1) is 8.24. The van der Waals surface area contributed by atoms with E-state index in [1.54, 1.807) is 23.9 Å². The number of carbonyl (C=O) groups is 1. The summed E-state index contributed by atoms with van der Waals surface area (Å²) >= 11 is 8.85. The summed E-state index contributed by atoms with van der Waals surface area (Å²) in [7, 11) is 0. The Morgan fingerprint density at radius 1 is 1.59 bits per heavy atom. The van der Waals surface area contributed by atoms with E-state index in [0.717, 1.165) is 16.7 Å². The number of rotatable bonds is 3. The molecule has 4 nitrogen and oxygen atoms in total. The number of nitrogens with one attached hydrogen (secondary N) is 1. The predicted octanol–water partition coefficient (Wildman–Crippen LogP) is 2.51. The molecule has 7 heteroatoms. The number of carbonyl (C=O) groups excluding carboxylic acids is 1. The number of halogens is 1. The molecular formula is C10H10ClN3OS2. The third-order valence-corrected chi connectivity index (χ3v) is 4.36. The van der Waals surface area contributed by atoms with Gasteiger partial charge in [0.2, 0.25) is 5.91 Å². The second-order valence-electron chi connectivity index (χ2n) is 3.19. The number of hydrogen-bond acceptors (Lipinski definition) is 5. The fraction of sp³-hybridized carbons (Fsp3) is 0.300. The van der Waals surface area contributed by atoms with Crippen LogP contribution in [-0.2, 0) is 4.79 Å². The highest BCUT2D eigenvalue weighted by molar-refractivity contribution is 8.39. The lowest BCUT2D eigenvalue weighted by Crippen LogP contribution is -2.15. The van der Waals surface area contributed by atoms with Gasteiger partial charge in [-0.15, -0.1) is 0 Å². The van der Waals surface area contributed by atoms with Crippen molar-refractivity contribution in [3.63, 3.8) is 0 Å². The molecule has 1 aliphatic heterocycles. The number of aromatic nitrogens is 1. The molecule has 0 bridgehead atoms. The predicted molar refractivity (Wildman–Crippen MR) is 75.1 cm³/mol. The normalized spacial score (nSPS) is 14.5. The Morgan fingerprint density at radius 2 is 2.47 bits per heavy atom. The molecular weight excluding hydrogens is 278 g/mol. The van der Waals surface area contributed by atoms with E-state index in [2.05, 4.69) is 15.3 Å². The second-order valence-corrected chi connectivity index (χ2v) is 5.94. The van der Waals surface area contributed by atoms with Gasteiger partial charge < -0.3 is 5.32 Å². The zero-order chi connectivity index (χ0) is 12.1. The lowest BCUT2D eigenvalue weighted by Gasteiger charge is -2.03. The topological polar surface area (TPSA) is 54.4 Å². The van der Waals surface area contributed by atoms with E-state index in [0.29, 0.717) is 16.6 Å². The van der Waals surface area contributed by atoms with Gasteiger partial charge in [0.05, 0.1) is 17.3 Å². The maximum absolute atomic E-state index is 11.6. The maximum Gasteiger partial charge on any atom is 0.235 e. The summed E-state index contributed by atoms with van der Waals surface area (Å²) in [5.74, 6) is 1.81. The van der Waals surface area contributed by atoms with Crippen molar-refractivity contribution in [3.8, 4) is 0 Å². The molecule has 0 unspecified atom stereocenters. The van der Waals surface area contributed by atoms with E-state index < -0.39 is 0 Å². The maximum atomic E-state index is 11.6. The van der Waals surface area contributed by atoms with Gasteiger partial charge in [-0.25, -0.2) is 4.98 Å². The molecule has 0 atom stereocenters. The van der Waals surface area contributed by atoms with Gasteiger partial charge in [0.15, 0.2) is 0 Å². The average Bonchev–Trinajstić information content (AvgIpc) is 2.83. The highest BCUT2D eigenvalue weighted by Crippen LogP contribution is 2.22. The van der Waals surface area contributed by atoms with Crippen molar-refractivity contribution in [3.05, 3.63) is 23.4 Å². The highest BCUT2D eigenvalue weighted by Gasteiger charge is 2.10. The molecule has 1 aromatic heterocycles. The average molecular weight is 288 g/mol. The van der Waals surface area contributed by atoms with Crippen molar-refractivity contribution in [2.45, 2.75) is 0 Å². The molecule has 1 aromatic rings. The Labute approximate surface area is 113 Å². The van der Waals surface area contributed by atoms with Crippen LogP contribution in [0.3, 0.4) is 0 Å².